The van der Waals surface area contributed by atoms with Gasteiger partial charge in [-0.05, 0) is 108 Å². The second-order valence-electron chi connectivity index (χ2n) is 12.2. The summed E-state index contributed by atoms with van der Waals surface area (Å²) in [7, 11) is 0. The van der Waals surface area contributed by atoms with Crippen LogP contribution in [0, 0.1) is 5.41 Å². The van der Waals surface area contributed by atoms with Gasteiger partial charge >= 0.3 is 5.51 Å². The minimum Gasteiger partial charge on any atom is -0.398 e. The monoisotopic (exact) mass is 658 g/mol. The highest BCUT2D eigenvalue weighted by Crippen LogP contribution is 2.43. The molecule has 1 aliphatic heterocycles. The van der Waals surface area contributed by atoms with Gasteiger partial charge in [0.1, 0.15) is 0 Å². The van der Waals surface area contributed by atoms with E-state index in [1.54, 1.807) is 11.6 Å². The Morgan fingerprint density at radius 1 is 1.00 bits per heavy atom. The number of nitrogens with one attached hydrogen (secondary N) is 1. The normalized spacial score (nSPS) is 17.5. The number of nitrogen functional groups attached to an aromatic ring is 1. The van der Waals surface area contributed by atoms with E-state index in [-0.39, 0.29) is 22.3 Å². The summed E-state index contributed by atoms with van der Waals surface area (Å²) in [5.41, 5.74) is 8.86. The Labute approximate surface area is 272 Å². The first kappa shape index (κ1) is 32.7. The molecule has 3 aromatic carbocycles. The van der Waals surface area contributed by atoms with Gasteiger partial charge in [0, 0.05) is 64.6 Å². The molecule has 3 N–H and O–H groups in total. The third-order valence-corrected chi connectivity index (χ3v) is 10.1. The molecule has 3 aromatic rings. The van der Waals surface area contributed by atoms with Gasteiger partial charge in [0.05, 0.1) is 0 Å². The molecule has 1 fully saturated rings. The molecule has 10 heteroatoms. The topological polar surface area (TPSA) is 44.5 Å². The van der Waals surface area contributed by atoms with Crippen LogP contribution in [0.4, 0.5) is 24.5 Å². The molecule has 0 radical (unpaired) electrons. The lowest BCUT2D eigenvalue weighted by Crippen LogP contribution is -2.47. The molecular weight excluding hydrogens is 621 g/mol. The van der Waals surface area contributed by atoms with Crippen LogP contribution in [0.15, 0.2) is 88.7 Å². The summed E-state index contributed by atoms with van der Waals surface area (Å²) in [6.45, 7) is 13.8. The molecule has 2 aliphatic rings. The van der Waals surface area contributed by atoms with Crippen LogP contribution in [0.5, 0.6) is 0 Å². The SMILES string of the molecule is C=C(NSc1ccc(N)c(SC(F)(F)F)c1)c1ccc(N2CCN(CC3=C(c4ccc(Cl)cc4)CCC(C)(C)C3)CC2)cc1. The molecule has 44 heavy (non-hydrogen) atoms. The van der Waals surface area contributed by atoms with Crippen molar-refractivity contribution >= 4 is 58.0 Å². The zero-order valence-electron chi connectivity index (χ0n) is 25.0. The lowest BCUT2D eigenvalue weighted by molar-refractivity contribution is -0.0328. The molecule has 0 spiro atoms. The molecule has 1 aliphatic carbocycles. The number of rotatable bonds is 9. The Balaban J connectivity index is 1.15. The first-order valence-electron chi connectivity index (χ1n) is 14.7. The summed E-state index contributed by atoms with van der Waals surface area (Å²) in [6, 6.07) is 21.2. The van der Waals surface area contributed by atoms with Crippen LogP contribution in [-0.2, 0) is 0 Å². The van der Waals surface area contributed by atoms with Crippen molar-refractivity contribution in [2.45, 2.75) is 48.4 Å². The largest absolute Gasteiger partial charge is 0.446 e. The Hall–Kier alpha value is -2.72. The van der Waals surface area contributed by atoms with Gasteiger partial charge in [-0.3, -0.25) is 4.90 Å². The van der Waals surface area contributed by atoms with Gasteiger partial charge in [-0.2, -0.15) is 13.2 Å². The molecule has 234 valence electrons. The molecule has 1 heterocycles. The molecule has 0 amide bonds. The number of nitrogens with zero attached hydrogens (tertiary/aromatic N) is 2. The van der Waals surface area contributed by atoms with Crippen LogP contribution in [0.25, 0.3) is 11.3 Å². The van der Waals surface area contributed by atoms with Crippen LogP contribution in [0.2, 0.25) is 5.02 Å². The smallest absolute Gasteiger partial charge is 0.398 e. The van der Waals surface area contributed by atoms with E-state index in [1.807, 2.05) is 24.3 Å². The van der Waals surface area contributed by atoms with Crippen molar-refractivity contribution in [2.24, 2.45) is 5.41 Å². The van der Waals surface area contributed by atoms with E-state index in [1.165, 1.54) is 47.3 Å². The predicted molar refractivity (Wildman–Crippen MR) is 182 cm³/mol. The lowest BCUT2D eigenvalue weighted by atomic mass is 9.73. The summed E-state index contributed by atoms with van der Waals surface area (Å²) < 4.78 is 41.7. The number of nitrogens with two attached hydrogens (primary N) is 1. The number of anilines is 2. The average Bonchev–Trinajstić information content (AvgIpc) is 2.97. The van der Waals surface area contributed by atoms with Gasteiger partial charge in [-0.1, -0.05) is 61.9 Å². The lowest BCUT2D eigenvalue weighted by Gasteiger charge is -2.39. The van der Waals surface area contributed by atoms with E-state index in [4.69, 9.17) is 17.3 Å². The standard InChI is InChI=1S/C34H38ClF3N4S2/c1-23(40-44-29-12-13-31(39)32(20-29)43-34(36,37)38)24-6-10-28(11-7-24)42-18-16-41(17-19-42)22-26-21-33(2,3)15-14-30(26)25-4-8-27(35)9-5-25/h4-13,20,40H,1,14-19,21-22,39H2,2-3H3. The van der Waals surface area contributed by atoms with Crippen LogP contribution in [0.1, 0.15) is 44.2 Å². The van der Waals surface area contributed by atoms with E-state index in [9.17, 15) is 13.2 Å². The highest BCUT2D eigenvalue weighted by atomic mass is 35.5. The van der Waals surface area contributed by atoms with Gasteiger partial charge in [0.15, 0.2) is 0 Å². The average molecular weight is 659 g/mol. The highest BCUT2D eigenvalue weighted by molar-refractivity contribution is 8.00. The fourth-order valence-electron chi connectivity index (χ4n) is 5.84. The number of halogens is 4. The minimum atomic E-state index is -4.39. The molecule has 0 saturated carbocycles. The van der Waals surface area contributed by atoms with Gasteiger partial charge in [0.25, 0.3) is 0 Å². The van der Waals surface area contributed by atoms with Crippen molar-refractivity contribution in [3.63, 3.8) is 0 Å². The van der Waals surface area contributed by atoms with Crippen molar-refractivity contribution in [3.05, 3.63) is 95.0 Å². The number of piperazine rings is 1. The van der Waals surface area contributed by atoms with Gasteiger partial charge < -0.3 is 15.4 Å². The second kappa shape index (κ2) is 13.7. The quantitative estimate of drug-likeness (QED) is 0.136. The zero-order valence-corrected chi connectivity index (χ0v) is 27.4. The van der Waals surface area contributed by atoms with Crippen LogP contribution >= 0.6 is 35.3 Å². The zero-order chi connectivity index (χ0) is 31.5. The molecule has 0 bridgehead atoms. The number of benzene rings is 3. The maximum atomic E-state index is 12.8. The van der Waals surface area contributed by atoms with Crippen LogP contribution in [-0.4, -0.2) is 43.1 Å². The van der Waals surface area contributed by atoms with Gasteiger partial charge in [-0.25, -0.2) is 0 Å². The molecule has 5 rings (SSSR count). The number of alkyl halides is 3. The van der Waals surface area contributed by atoms with Crippen molar-refractivity contribution in [1.29, 1.82) is 0 Å². The van der Waals surface area contributed by atoms with Crippen molar-refractivity contribution in [2.75, 3.05) is 43.4 Å². The third kappa shape index (κ3) is 8.71. The fourth-order valence-corrected chi connectivity index (χ4v) is 7.34. The van der Waals surface area contributed by atoms with Gasteiger partial charge in [-0.15, -0.1) is 0 Å². The summed E-state index contributed by atoms with van der Waals surface area (Å²) in [5, 5.41) is 0.773. The van der Waals surface area contributed by atoms with Crippen molar-refractivity contribution < 1.29 is 13.2 Å². The van der Waals surface area contributed by atoms with E-state index < -0.39 is 5.51 Å². The Bertz CT molecular complexity index is 1500. The summed E-state index contributed by atoms with van der Waals surface area (Å²) in [4.78, 5) is 5.60. The Morgan fingerprint density at radius 2 is 1.68 bits per heavy atom. The molecule has 0 unspecified atom stereocenters. The highest BCUT2D eigenvalue weighted by Gasteiger charge is 2.31. The second-order valence-corrected chi connectivity index (χ2v) is 14.6. The summed E-state index contributed by atoms with van der Waals surface area (Å²) in [5.74, 6) is 0. The maximum Gasteiger partial charge on any atom is 0.446 e. The number of hydrogen-bond donors (Lipinski definition) is 2. The van der Waals surface area contributed by atoms with Gasteiger partial charge in [0.2, 0.25) is 0 Å². The Morgan fingerprint density at radius 3 is 2.34 bits per heavy atom. The van der Waals surface area contributed by atoms with Crippen molar-refractivity contribution in [3.8, 4) is 0 Å². The van der Waals surface area contributed by atoms with Crippen LogP contribution < -0.4 is 15.4 Å². The Kier molecular flexibility index (Phi) is 10.2. The third-order valence-electron chi connectivity index (χ3n) is 8.23. The number of allylic oxidation sites excluding steroid dienone is 1. The molecule has 4 nitrogen and oxygen atoms in total. The first-order chi connectivity index (χ1) is 20.8. The number of thioether (sulfide) groups is 1. The molecule has 1 saturated heterocycles. The number of hydrogen-bond acceptors (Lipinski definition) is 6. The van der Waals surface area contributed by atoms with Crippen molar-refractivity contribution in [1.82, 2.24) is 9.62 Å². The predicted octanol–water partition coefficient (Wildman–Crippen LogP) is 9.59. The van der Waals surface area contributed by atoms with E-state index >= 15 is 0 Å². The molecular formula is C34H38ClF3N4S2. The molecule has 0 atom stereocenters. The maximum absolute atomic E-state index is 12.8. The van der Waals surface area contributed by atoms with E-state index in [0.29, 0.717) is 16.0 Å². The summed E-state index contributed by atoms with van der Waals surface area (Å²) >= 11 is 7.17. The molecule has 0 aromatic heterocycles. The fraction of sp³-hybridized carbons (Fsp3) is 0.353. The first-order valence-corrected chi connectivity index (χ1v) is 16.7. The van der Waals surface area contributed by atoms with Crippen LogP contribution in [0.3, 0.4) is 0 Å². The summed E-state index contributed by atoms with van der Waals surface area (Å²) in [6.07, 6.45) is 3.42. The van der Waals surface area contributed by atoms with E-state index in [2.05, 4.69) is 59.2 Å². The minimum absolute atomic E-state index is 0.0133. The van der Waals surface area contributed by atoms with E-state index in [0.717, 1.165) is 56.2 Å².